The zero-order valence-corrected chi connectivity index (χ0v) is 14.6. The molecule has 24 heavy (non-hydrogen) atoms. The Hall–Kier alpha value is -1.89. The molecule has 1 atom stereocenters. The summed E-state index contributed by atoms with van der Waals surface area (Å²) in [5, 5.41) is 0. The van der Waals surface area contributed by atoms with Crippen molar-refractivity contribution in [2.24, 2.45) is 13.0 Å². The second kappa shape index (κ2) is 7.34. The second-order valence-corrected chi connectivity index (χ2v) is 6.86. The molecule has 0 aliphatic carbocycles. The molecule has 1 unspecified atom stereocenters. The number of likely N-dealkylation sites (tertiary alicyclic amines) is 1. The zero-order chi connectivity index (χ0) is 17.1. The molecule has 0 saturated carbocycles. The van der Waals surface area contributed by atoms with Gasteiger partial charge in [-0.1, -0.05) is 0 Å². The Balaban J connectivity index is 1.50. The van der Waals surface area contributed by atoms with Gasteiger partial charge < -0.3 is 14.4 Å². The molecule has 1 aromatic rings. The first-order valence-electron chi connectivity index (χ1n) is 8.77. The van der Waals surface area contributed by atoms with E-state index in [2.05, 4.69) is 9.88 Å². The van der Waals surface area contributed by atoms with Gasteiger partial charge in [-0.15, -0.1) is 0 Å². The van der Waals surface area contributed by atoms with Gasteiger partial charge in [-0.2, -0.15) is 0 Å². The number of piperazine rings is 1. The van der Waals surface area contributed by atoms with Gasteiger partial charge in [0.05, 0.1) is 12.5 Å². The molecule has 7 heteroatoms. The normalized spacial score (nSPS) is 22.7. The molecule has 0 radical (unpaired) electrons. The van der Waals surface area contributed by atoms with Crippen LogP contribution in [-0.4, -0.2) is 75.3 Å². The van der Waals surface area contributed by atoms with Crippen molar-refractivity contribution in [1.82, 2.24) is 24.3 Å². The van der Waals surface area contributed by atoms with Crippen LogP contribution >= 0.6 is 0 Å². The van der Waals surface area contributed by atoms with Crippen LogP contribution in [0.4, 0.5) is 0 Å². The van der Waals surface area contributed by atoms with Crippen LogP contribution in [0.1, 0.15) is 25.6 Å². The Bertz CT molecular complexity index is 592. The Morgan fingerprint density at radius 1 is 1.17 bits per heavy atom. The van der Waals surface area contributed by atoms with Crippen LogP contribution in [0, 0.1) is 5.92 Å². The monoisotopic (exact) mass is 333 g/mol. The van der Waals surface area contributed by atoms with Gasteiger partial charge in [0.25, 0.3) is 0 Å². The van der Waals surface area contributed by atoms with E-state index in [1.165, 1.54) is 0 Å². The van der Waals surface area contributed by atoms with Gasteiger partial charge in [0.1, 0.15) is 5.82 Å². The van der Waals surface area contributed by atoms with E-state index in [0.717, 1.165) is 57.9 Å². The van der Waals surface area contributed by atoms with Crippen molar-refractivity contribution in [2.75, 3.05) is 39.3 Å². The van der Waals surface area contributed by atoms with Crippen molar-refractivity contribution in [1.29, 1.82) is 0 Å². The minimum atomic E-state index is -0.0243. The van der Waals surface area contributed by atoms with Crippen LogP contribution < -0.4 is 0 Å². The standard InChI is InChI=1S/C17H27N5O2/c1-14(23)22-6-3-4-15(12-22)17(24)21-10-8-20(9-11-21)13-16-18-5-7-19(16)2/h5,7,15H,3-4,6,8-13H2,1-2H3. The van der Waals surface area contributed by atoms with Crippen molar-refractivity contribution in [3.8, 4) is 0 Å². The third-order valence-corrected chi connectivity index (χ3v) is 5.19. The number of rotatable bonds is 3. The average molecular weight is 333 g/mol. The van der Waals surface area contributed by atoms with Gasteiger partial charge in [-0.05, 0) is 12.8 Å². The third kappa shape index (κ3) is 3.77. The number of carbonyl (C=O) groups excluding carboxylic acids is 2. The van der Waals surface area contributed by atoms with Gasteiger partial charge in [-0.3, -0.25) is 14.5 Å². The van der Waals surface area contributed by atoms with E-state index in [0.29, 0.717) is 6.54 Å². The van der Waals surface area contributed by atoms with Crippen LogP contribution in [-0.2, 0) is 23.2 Å². The van der Waals surface area contributed by atoms with E-state index < -0.39 is 0 Å². The molecule has 2 aliphatic rings. The molecule has 7 nitrogen and oxygen atoms in total. The molecule has 2 aliphatic heterocycles. The first-order chi connectivity index (χ1) is 11.5. The minimum Gasteiger partial charge on any atom is -0.342 e. The molecule has 3 rings (SSSR count). The highest BCUT2D eigenvalue weighted by Crippen LogP contribution is 2.20. The fourth-order valence-corrected chi connectivity index (χ4v) is 3.60. The zero-order valence-electron chi connectivity index (χ0n) is 14.6. The van der Waals surface area contributed by atoms with E-state index >= 15 is 0 Å². The number of piperidine rings is 1. The lowest BCUT2D eigenvalue weighted by molar-refractivity contribution is -0.141. The lowest BCUT2D eigenvalue weighted by atomic mass is 9.96. The molecular formula is C17H27N5O2. The molecule has 0 spiro atoms. The lowest BCUT2D eigenvalue weighted by Gasteiger charge is -2.38. The number of aromatic nitrogens is 2. The van der Waals surface area contributed by atoms with E-state index in [-0.39, 0.29) is 17.7 Å². The van der Waals surface area contributed by atoms with Crippen molar-refractivity contribution in [3.05, 3.63) is 18.2 Å². The predicted molar refractivity (Wildman–Crippen MR) is 90.0 cm³/mol. The van der Waals surface area contributed by atoms with Gasteiger partial charge in [0.15, 0.2) is 0 Å². The summed E-state index contributed by atoms with van der Waals surface area (Å²) in [4.78, 5) is 34.8. The summed E-state index contributed by atoms with van der Waals surface area (Å²) in [6, 6.07) is 0. The highest BCUT2D eigenvalue weighted by Gasteiger charge is 2.31. The van der Waals surface area contributed by atoms with E-state index in [1.54, 1.807) is 6.92 Å². The van der Waals surface area contributed by atoms with Crippen LogP contribution in [0.15, 0.2) is 12.4 Å². The first kappa shape index (κ1) is 17.0. The van der Waals surface area contributed by atoms with E-state index in [9.17, 15) is 9.59 Å². The molecule has 0 N–H and O–H groups in total. The van der Waals surface area contributed by atoms with Crippen LogP contribution in [0.5, 0.6) is 0 Å². The Morgan fingerprint density at radius 2 is 1.92 bits per heavy atom. The van der Waals surface area contributed by atoms with Crippen molar-refractivity contribution >= 4 is 11.8 Å². The number of aryl methyl sites for hydroxylation is 1. The highest BCUT2D eigenvalue weighted by atomic mass is 16.2. The van der Waals surface area contributed by atoms with Crippen LogP contribution in [0.2, 0.25) is 0 Å². The lowest BCUT2D eigenvalue weighted by Crippen LogP contribution is -2.52. The quantitative estimate of drug-likeness (QED) is 0.799. The Labute approximate surface area is 143 Å². The van der Waals surface area contributed by atoms with Crippen molar-refractivity contribution in [3.63, 3.8) is 0 Å². The summed E-state index contributed by atoms with van der Waals surface area (Å²) in [5.74, 6) is 1.33. The van der Waals surface area contributed by atoms with Gasteiger partial charge in [0, 0.05) is 65.6 Å². The number of hydrogen-bond acceptors (Lipinski definition) is 4. The highest BCUT2D eigenvalue weighted by molar-refractivity contribution is 5.81. The second-order valence-electron chi connectivity index (χ2n) is 6.86. The number of imidazole rings is 1. The molecule has 132 valence electrons. The molecule has 3 heterocycles. The first-order valence-corrected chi connectivity index (χ1v) is 8.77. The maximum Gasteiger partial charge on any atom is 0.227 e. The van der Waals surface area contributed by atoms with Gasteiger partial charge >= 0.3 is 0 Å². The summed E-state index contributed by atoms with van der Waals surface area (Å²) >= 11 is 0. The number of carbonyl (C=O) groups is 2. The maximum atomic E-state index is 12.8. The summed E-state index contributed by atoms with van der Waals surface area (Å²) in [6.45, 7) is 7.07. The molecule has 2 saturated heterocycles. The SMILES string of the molecule is CC(=O)N1CCCC(C(=O)N2CCN(Cc3nccn3C)CC2)C1. The fraction of sp³-hybridized carbons (Fsp3) is 0.706. The Morgan fingerprint density at radius 3 is 2.54 bits per heavy atom. The predicted octanol–water partition coefficient (Wildman–Crippen LogP) is 0.323. The smallest absolute Gasteiger partial charge is 0.227 e. The number of amides is 2. The summed E-state index contributed by atoms with van der Waals surface area (Å²) in [6.07, 6.45) is 5.60. The fourth-order valence-electron chi connectivity index (χ4n) is 3.60. The largest absolute Gasteiger partial charge is 0.342 e. The molecule has 2 fully saturated rings. The summed E-state index contributed by atoms with van der Waals surface area (Å²) in [7, 11) is 2.01. The molecule has 1 aromatic heterocycles. The molecular weight excluding hydrogens is 306 g/mol. The van der Waals surface area contributed by atoms with Crippen LogP contribution in [0.3, 0.4) is 0 Å². The van der Waals surface area contributed by atoms with Crippen molar-refractivity contribution in [2.45, 2.75) is 26.3 Å². The maximum absolute atomic E-state index is 12.8. The average Bonchev–Trinajstić information content (AvgIpc) is 3.00. The van der Waals surface area contributed by atoms with Gasteiger partial charge in [-0.25, -0.2) is 4.98 Å². The molecule has 0 bridgehead atoms. The number of nitrogens with zero attached hydrogens (tertiary/aromatic N) is 5. The molecule has 2 amide bonds. The summed E-state index contributed by atoms with van der Waals surface area (Å²) in [5.41, 5.74) is 0. The van der Waals surface area contributed by atoms with Crippen molar-refractivity contribution < 1.29 is 9.59 Å². The summed E-state index contributed by atoms with van der Waals surface area (Å²) < 4.78 is 2.04. The minimum absolute atomic E-state index is 0.0243. The Kier molecular flexibility index (Phi) is 5.18. The van der Waals surface area contributed by atoms with E-state index in [4.69, 9.17) is 0 Å². The third-order valence-electron chi connectivity index (χ3n) is 5.19. The topological polar surface area (TPSA) is 61.7 Å². The van der Waals surface area contributed by atoms with Gasteiger partial charge in [0.2, 0.25) is 11.8 Å². The van der Waals surface area contributed by atoms with E-state index in [1.807, 2.05) is 33.8 Å². The van der Waals surface area contributed by atoms with Crippen LogP contribution in [0.25, 0.3) is 0 Å². The molecule has 0 aromatic carbocycles. The number of hydrogen-bond donors (Lipinski definition) is 0.